The van der Waals surface area contributed by atoms with Crippen molar-refractivity contribution in [1.29, 1.82) is 0 Å². The van der Waals surface area contributed by atoms with E-state index in [1.165, 1.54) is 18.3 Å². The maximum Gasteiger partial charge on any atom is 0.356 e. The van der Waals surface area contributed by atoms with Crippen LogP contribution in [0, 0.1) is 12.7 Å². The van der Waals surface area contributed by atoms with Crippen LogP contribution in [0.4, 0.5) is 15.9 Å². The van der Waals surface area contributed by atoms with Crippen LogP contribution >= 0.6 is 0 Å². The van der Waals surface area contributed by atoms with Crippen LogP contribution in [0.25, 0.3) is 0 Å². The van der Waals surface area contributed by atoms with Crippen LogP contribution in [0.1, 0.15) is 16.1 Å². The molecule has 0 fully saturated rings. The van der Waals surface area contributed by atoms with E-state index < -0.39 is 5.97 Å². The highest BCUT2D eigenvalue weighted by atomic mass is 19.1. The number of carboxylic acid groups (broad SMARTS) is 1. The maximum absolute atomic E-state index is 13.1. The molecular weight excluding hydrogens is 237 g/mol. The first-order valence-corrected chi connectivity index (χ1v) is 5.15. The maximum atomic E-state index is 13.1. The number of hydrogen-bond donors (Lipinski definition) is 2. The topological polar surface area (TPSA) is 75.1 Å². The highest BCUT2D eigenvalue weighted by molar-refractivity contribution is 5.85. The fourth-order valence-corrected chi connectivity index (χ4v) is 1.40. The van der Waals surface area contributed by atoms with E-state index in [4.69, 9.17) is 5.11 Å². The summed E-state index contributed by atoms with van der Waals surface area (Å²) in [6.45, 7) is 1.80. The van der Waals surface area contributed by atoms with E-state index in [0.717, 1.165) is 11.8 Å². The minimum atomic E-state index is -1.16. The summed E-state index contributed by atoms with van der Waals surface area (Å²) in [6.07, 6.45) is 2.52. The Balaban J connectivity index is 2.31. The van der Waals surface area contributed by atoms with E-state index in [9.17, 15) is 9.18 Å². The normalized spacial score (nSPS) is 10.1. The number of hydrogen-bond acceptors (Lipinski definition) is 4. The number of carbonyl (C=O) groups is 1. The van der Waals surface area contributed by atoms with Crippen molar-refractivity contribution in [3.8, 4) is 0 Å². The number of nitrogens with zero attached hydrogens (tertiary/aromatic N) is 2. The van der Waals surface area contributed by atoms with E-state index in [1.54, 1.807) is 13.0 Å². The highest BCUT2D eigenvalue weighted by Gasteiger charge is 2.07. The van der Waals surface area contributed by atoms with Gasteiger partial charge in [-0.15, -0.1) is 0 Å². The zero-order valence-corrected chi connectivity index (χ0v) is 9.51. The lowest BCUT2D eigenvalue weighted by Crippen LogP contribution is -2.04. The van der Waals surface area contributed by atoms with Crippen LogP contribution in [0.2, 0.25) is 0 Å². The second-order valence-corrected chi connectivity index (χ2v) is 3.68. The van der Waals surface area contributed by atoms with Gasteiger partial charge in [-0.05, 0) is 24.6 Å². The van der Waals surface area contributed by atoms with E-state index >= 15 is 0 Å². The minimum absolute atomic E-state index is 0.172. The number of nitrogens with one attached hydrogen (secondary N) is 1. The van der Waals surface area contributed by atoms with Crippen molar-refractivity contribution >= 4 is 17.5 Å². The monoisotopic (exact) mass is 247 g/mol. The van der Waals surface area contributed by atoms with Gasteiger partial charge in [-0.3, -0.25) is 4.98 Å². The molecule has 0 aliphatic rings. The highest BCUT2D eigenvalue weighted by Crippen LogP contribution is 2.19. The first kappa shape index (κ1) is 12.0. The summed E-state index contributed by atoms with van der Waals surface area (Å²) in [6, 6.07) is 4.27. The van der Waals surface area contributed by atoms with Gasteiger partial charge in [-0.2, -0.15) is 0 Å². The summed E-state index contributed by atoms with van der Waals surface area (Å²) >= 11 is 0. The molecule has 2 rings (SSSR count). The van der Waals surface area contributed by atoms with Gasteiger partial charge in [0.1, 0.15) is 11.6 Å². The number of aryl methyl sites for hydroxylation is 1. The van der Waals surface area contributed by atoms with Gasteiger partial charge in [0.05, 0.1) is 12.4 Å². The van der Waals surface area contributed by atoms with Crippen molar-refractivity contribution < 1.29 is 14.3 Å². The van der Waals surface area contributed by atoms with Gasteiger partial charge in [-0.25, -0.2) is 14.2 Å². The predicted octanol–water partition coefficient (Wildman–Crippen LogP) is 2.37. The SMILES string of the molecule is Cc1ccc(F)cc1Nc1cncc(C(=O)O)n1. The molecule has 1 heterocycles. The molecule has 2 N–H and O–H groups in total. The number of halogens is 1. The van der Waals surface area contributed by atoms with Crippen LogP contribution in [-0.2, 0) is 0 Å². The van der Waals surface area contributed by atoms with Crippen molar-refractivity contribution in [2.24, 2.45) is 0 Å². The molecule has 2 aromatic rings. The Morgan fingerprint density at radius 1 is 1.39 bits per heavy atom. The van der Waals surface area contributed by atoms with Gasteiger partial charge in [-0.1, -0.05) is 6.07 Å². The molecule has 0 aliphatic carbocycles. The average molecular weight is 247 g/mol. The van der Waals surface area contributed by atoms with Crippen LogP contribution in [0.3, 0.4) is 0 Å². The van der Waals surface area contributed by atoms with Crippen molar-refractivity contribution in [2.45, 2.75) is 6.92 Å². The second-order valence-electron chi connectivity index (χ2n) is 3.68. The quantitative estimate of drug-likeness (QED) is 0.870. The molecule has 1 aromatic heterocycles. The van der Waals surface area contributed by atoms with Gasteiger partial charge >= 0.3 is 5.97 Å². The number of carboxylic acids is 1. The number of rotatable bonds is 3. The van der Waals surface area contributed by atoms with Crippen LogP contribution in [0.5, 0.6) is 0 Å². The summed E-state index contributed by atoms with van der Waals surface area (Å²) in [7, 11) is 0. The minimum Gasteiger partial charge on any atom is -0.476 e. The lowest BCUT2D eigenvalue weighted by atomic mass is 10.2. The number of aromatic carboxylic acids is 1. The van der Waals surface area contributed by atoms with Crippen molar-refractivity contribution in [3.63, 3.8) is 0 Å². The Morgan fingerprint density at radius 2 is 2.17 bits per heavy atom. The fourth-order valence-electron chi connectivity index (χ4n) is 1.40. The number of anilines is 2. The summed E-state index contributed by atoms with van der Waals surface area (Å²) in [5.74, 6) is -1.30. The lowest BCUT2D eigenvalue weighted by Gasteiger charge is -2.08. The molecule has 0 amide bonds. The van der Waals surface area contributed by atoms with Gasteiger partial charge in [0.2, 0.25) is 0 Å². The molecule has 0 spiro atoms. The first-order valence-electron chi connectivity index (χ1n) is 5.15. The van der Waals surface area contributed by atoms with Crippen LogP contribution in [-0.4, -0.2) is 21.0 Å². The summed E-state index contributed by atoms with van der Waals surface area (Å²) in [4.78, 5) is 18.3. The Kier molecular flexibility index (Phi) is 3.18. The zero-order valence-electron chi connectivity index (χ0n) is 9.51. The summed E-state index contributed by atoms with van der Waals surface area (Å²) < 4.78 is 13.1. The molecule has 0 radical (unpaired) electrons. The van der Waals surface area contributed by atoms with Gasteiger partial charge in [0, 0.05) is 5.69 Å². The Bertz CT molecular complexity index is 602. The van der Waals surface area contributed by atoms with E-state index in [0.29, 0.717) is 5.69 Å². The smallest absolute Gasteiger partial charge is 0.356 e. The van der Waals surface area contributed by atoms with E-state index in [1.807, 2.05) is 0 Å². The molecule has 0 saturated carbocycles. The van der Waals surface area contributed by atoms with Gasteiger partial charge in [0.25, 0.3) is 0 Å². The molecule has 0 aliphatic heterocycles. The molecule has 0 bridgehead atoms. The number of benzene rings is 1. The van der Waals surface area contributed by atoms with Crippen molar-refractivity contribution in [3.05, 3.63) is 47.7 Å². The lowest BCUT2D eigenvalue weighted by molar-refractivity contribution is 0.0690. The molecule has 92 valence electrons. The summed E-state index contributed by atoms with van der Waals surface area (Å²) in [5.41, 5.74) is 1.17. The van der Waals surface area contributed by atoms with Crippen molar-refractivity contribution in [1.82, 2.24) is 9.97 Å². The second kappa shape index (κ2) is 4.79. The third-order valence-electron chi connectivity index (χ3n) is 2.32. The molecule has 5 nitrogen and oxygen atoms in total. The molecule has 0 unspecified atom stereocenters. The number of aromatic nitrogens is 2. The molecule has 1 aromatic carbocycles. The third-order valence-corrected chi connectivity index (χ3v) is 2.32. The fraction of sp³-hybridized carbons (Fsp3) is 0.0833. The molecule has 0 atom stereocenters. The first-order chi connectivity index (χ1) is 8.56. The van der Waals surface area contributed by atoms with Crippen molar-refractivity contribution in [2.75, 3.05) is 5.32 Å². The largest absolute Gasteiger partial charge is 0.476 e. The molecule has 18 heavy (non-hydrogen) atoms. The molecule has 6 heteroatoms. The Hall–Kier alpha value is -2.50. The van der Waals surface area contributed by atoms with Gasteiger partial charge in [0.15, 0.2) is 5.69 Å². The van der Waals surface area contributed by atoms with E-state index in [2.05, 4.69) is 15.3 Å². The van der Waals surface area contributed by atoms with Crippen LogP contribution in [0.15, 0.2) is 30.6 Å². The van der Waals surface area contributed by atoms with Gasteiger partial charge < -0.3 is 10.4 Å². The molecular formula is C12H10FN3O2. The summed E-state index contributed by atoms with van der Waals surface area (Å²) in [5, 5.41) is 11.6. The van der Waals surface area contributed by atoms with E-state index in [-0.39, 0.29) is 17.3 Å². The Labute approximate surface area is 102 Å². The third kappa shape index (κ3) is 2.60. The predicted molar refractivity (Wildman–Crippen MR) is 63.4 cm³/mol. The standard InChI is InChI=1S/C12H10FN3O2/c1-7-2-3-8(13)4-9(7)15-11-6-14-5-10(16-11)12(17)18/h2-6H,1H3,(H,15,16)(H,17,18). The average Bonchev–Trinajstić information content (AvgIpc) is 2.34. The Morgan fingerprint density at radius 3 is 2.89 bits per heavy atom. The molecule has 0 saturated heterocycles. The zero-order chi connectivity index (χ0) is 13.1. The van der Waals surface area contributed by atoms with Crippen LogP contribution < -0.4 is 5.32 Å².